The van der Waals surface area contributed by atoms with Crippen molar-refractivity contribution in [3.63, 3.8) is 0 Å². The molecule has 2 saturated heterocycles. The van der Waals surface area contributed by atoms with E-state index in [2.05, 4.69) is 0 Å². The SMILES string of the molecule is O=C1OC2C3CC(CC13)C2C1CCCC(O)O1. The maximum Gasteiger partial charge on any atom is 0.309 e. The second-order valence-electron chi connectivity index (χ2n) is 6.04. The lowest BCUT2D eigenvalue weighted by atomic mass is 9.77. The summed E-state index contributed by atoms with van der Waals surface area (Å²) in [6.07, 6.45) is 4.45. The molecule has 0 aromatic heterocycles. The normalized spacial score (nSPS) is 56.3. The van der Waals surface area contributed by atoms with Crippen LogP contribution in [-0.4, -0.2) is 29.6 Å². The zero-order valence-electron chi connectivity index (χ0n) is 9.75. The average molecular weight is 238 g/mol. The smallest absolute Gasteiger partial charge is 0.309 e. The summed E-state index contributed by atoms with van der Waals surface area (Å²) in [4.78, 5) is 11.7. The molecular weight excluding hydrogens is 220 g/mol. The Morgan fingerprint density at radius 2 is 2.12 bits per heavy atom. The van der Waals surface area contributed by atoms with E-state index in [0.29, 0.717) is 17.8 Å². The summed E-state index contributed by atoms with van der Waals surface area (Å²) in [6, 6.07) is 0. The number of fused-ring (bicyclic) bond motifs is 1. The van der Waals surface area contributed by atoms with Crippen LogP contribution in [0.4, 0.5) is 0 Å². The number of aliphatic hydroxyl groups is 1. The van der Waals surface area contributed by atoms with E-state index in [9.17, 15) is 9.90 Å². The highest BCUT2D eigenvalue weighted by Crippen LogP contribution is 2.59. The Kier molecular flexibility index (Phi) is 2.10. The fraction of sp³-hybridized carbons (Fsp3) is 0.923. The van der Waals surface area contributed by atoms with Crippen LogP contribution in [0.15, 0.2) is 0 Å². The first-order chi connectivity index (χ1) is 8.24. The standard InChI is InChI=1S/C13H18O4/c14-10-3-1-2-9(16-10)11-6-4-7-8(5-6)13(15)17-12(7)11/h6-12,14H,1-5H2. The Hall–Kier alpha value is -0.610. The highest BCUT2D eigenvalue weighted by molar-refractivity contribution is 5.76. The zero-order valence-corrected chi connectivity index (χ0v) is 9.75. The van der Waals surface area contributed by atoms with Crippen LogP contribution in [0.1, 0.15) is 32.1 Å². The number of hydrogen-bond donors (Lipinski definition) is 1. The predicted molar refractivity (Wildman–Crippen MR) is 57.8 cm³/mol. The van der Waals surface area contributed by atoms with Gasteiger partial charge in [-0.05, 0) is 38.0 Å². The summed E-state index contributed by atoms with van der Waals surface area (Å²) in [7, 11) is 0. The summed E-state index contributed by atoms with van der Waals surface area (Å²) in [5.41, 5.74) is 0. The van der Waals surface area contributed by atoms with Gasteiger partial charge in [0, 0.05) is 11.8 Å². The van der Waals surface area contributed by atoms with E-state index in [-0.39, 0.29) is 24.1 Å². The molecule has 2 heterocycles. The molecule has 0 spiro atoms. The summed E-state index contributed by atoms with van der Waals surface area (Å²) >= 11 is 0. The monoisotopic (exact) mass is 238 g/mol. The van der Waals surface area contributed by atoms with Crippen LogP contribution in [0, 0.1) is 23.7 Å². The molecule has 7 unspecified atom stereocenters. The lowest BCUT2D eigenvalue weighted by Gasteiger charge is -2.36. The van der Waals surface area contributed by atoms with Crippen molar-refractivity contribution in [3.05, 3.63) is 0 Å². The Morgan fingerprint density at radius 1 is 1.24 bits per heavy atom. The number of hydrogen-bond acceptors (Lipinski definition) is 4. The van der Waals surface area contributed by atoms with Crippen molar-refractivity contribution in [2.24, 2.45) is 23.7 Å². The van der Waals surface area contributed by atoms with E-state index in [0.717, 1.165) is 32.1 Å². The van der Waals surface area contributed by atoms with Gasteiger partial charge in [-0.25, -0.2) is 0 Å². The fourth-order valence-electron chi connectivity index (χ4n) is 4.63. The largest absolute Gasteiger partial charge is 0.461 e. The molecule has 1 N–H and O–H groups in total. The molecule has 0 amide bonds. The molecule has 4 heteroatoms. The van der Waals surface area contributed by atoms with E-state index >= 15 is 0 Å². The Bertz CT molecular complexity index is 355. The van der Waals surface area contributed by atoms with Crippen molar-refractivity contribution >= 4 is 5.97 Å². The van der Waals surface area contributed by atoms with Gasteiger partial charge in [-0.3, -0.25) is 4.79 Å². The van der Waals surface area contributed by atoms with Crippen LogP contribution in [0.25, 0.3) is 0 Å². The molecule has 0 radical (unpaired) electrons. The van der Waals surface area contributed by atoms with Crippen molar-refractivity contribution in [2.75, 3.05) is 0 Å². The number of ether oxygens (including phenoxy) is 2. The summed E-state index contributed by atoms with van der Waals surface area (Å²) in [6.45, 7) is 0. The minimum Gasteiger partial charge on any atom is -0.461 e. The first-order valence-electron chi connectivity index (χ1n) is 6.78. The highest BCUT2D eigenvalue weighted by Gasteiger charge is 2.63. The summed E-state index contributed by atoms with van der Waals surface area (Å²) < 4.78 is 11.2. The van der Waals surface area contributed by atoms with Gasteiger partial charge < -0.3 is 14.6 Å². The molecule has 2 aliphatic heterocycles. The number of carbonyl (C=O) groups is 1. The number of aliphatic hydroxyl groups excluding tert-OH is 1. The first-order valence-corrected chi connectivity index (χ1v) is 6.78. The van der Waals surface area contributed by atoms with Gasteiger partial charge in [-0.15, -0.1) is 0 Å². The van der Waals surface area contributed by atoms with Crippen molar-refractivity contribution in [1.82, 2.24) is 0 Å². The van der Waals surface area contributed by atoms with Gasteiger partial charge in [0.05, 0.1) is 12.0 Å². The topological polar surface area (TPSA) is 55.8 Å². The molecule has 4 nitrogen and oxygen atoms in total. The third-order valence-corrected chi connectivity index (χ3v) is 5.25. The van der Waals surface area contributed by atoms with E-state index in [4.69, 9.17) is 9.47 Å². The van der Waals surface area contributed by atoms with Crippen LogP contribution < -0.4 is 0 Å². The van der Waals surface area contributed by atoms with Crippen LogP contribution in [0.5, 0.6) is 0 Å². The van der Waals surface area contributed by atoms with E-state index in [1.165, 1.54) is 0 Å². The van der Waals surface area contributed by atoms with E-state index in [1.54, 1.807) is 0 Å². The van der Waals surface area contributed by atoms with Crippen LogP contribution in [0.2, 0.25) is 0 Å². The Balaban J connectivity index is 1.58. The molecule has 4 rings (SSSR count). The molecule has 0 aromatic rings. The third kappa shape index (κ3) is 1.34. The molecule has 94 valence electrons. The lowest BCUT2D eigenvalue weighted by Crippen LogP contribution is -2.41. The van der Waals surface area contributed by atoms with Crippen LogP contribution in [0.3, 0.4) is 0 Å². The maximum atomic E-state index is 11.7. The van der Waals surface area contributed by atoms with Crippen molar-refractivity contribution in [3.8, 4) is 0 Å². The Labute approximate surface area is 100 Å². The molecule has 2 saturated carbocycles. The van der Waals surface area contributed by atoms with E-state index in [1.807, 2.05) is 0 Å². The van der Waals surface area contributed by atoms with Gasteiger partial charge in [0.1, 0.15) is 6.10 Å². The number of carbonyl (C=O) groups excluding carboxylic acids is 1. The molecular formula is C13H18O4. The molecule has 2 bridgehead atoms. The zero-order chi connectivity index (χ0) is 11.6. The molecule has 2 aliphatic carbocycles. The van der Waals surface area contributed by atoms with Crippen LogP contribution >= 0.6 is 0 Å². The summed E-state index contributed by atoms with van der Waals surface area (Å²) in [5.74, 6) is 1.56. The Morgan fingerprint density at radius 3 is 2.94 bits per heavy atom. The van der Waals surface area contributed by atoms with Crippen molar-refractivity contribution in [2.45, 2.75) is 50.6 Å². The predicted octanol–water partition coefficient (Wildman–Crippen LogP) is 1.07. The van der Waals surface area contributed by atoms with Crippen molar-refractivity contribution in [1.29, 1.82) is 0 Å². The van der Waals surface area contributed by atoms with Crippen LogP contribution in [-0.2, 0) is 14.3 Å². The van der Waals surface area contributed by atoms with Gasteiger partial charge >= 0.3 is 5.97 Å². The maximum absolute atomic E-state index is 11.7. The number of rotatable bonds is 1. The van der Waals surface area contributed by atoms with Gasteiger partial charge in [0.25, 0.3) is 0 Å². The molecule has 0 aromatic carbocycles. The second kappa shape index (κ2) is 3.45. The van der Waals surface area contributed by atoms with Crippen molar-refractivity contribution < 1.29 is 19.4 Å². The first kappa shape index (κ1) is 10.3. The van der Waals surface area contributed by atoms with Gasteiger partial charge in [0.15, 0.2) is 6.29 Å². The minimum absolute atomic E-state index is 0.0151. The minimum atomic E-state index is -0.610. The van der Waals surface area contributed by atoms with E-state index < -0.39 is 6.29 Å². The average Bonchev–Trinajstić information content (AvgIpc) is 2.90. The number of esters is 1. The third-order valence-electron chi connectivity index (χ3n) is 5.25. The van der Waals surface area contributed by atoms with Gasteiger partial charge in [0.2, 0.25) is 0 Å². The highest BCUT2D eigenvalue weighted by atomic mass is 16.6. The van der Waals surface area contributed by atoms with Gasteiger partial charge in [-0.1, -0.05) is 0 Å². The lowest BCUT2D eigenvalue weighted by molar-refractivity contribution is -0.192. The van der Waals surface area contributed by atoms with Gasteiger partial charge in [-0.2, -0.15) is 0 Å². The molecule has 4 aliphatic rings. The summed E-state index contributed by atoms with van der Waals surface area (Å²) in [5, 5.41) is 9.60. The molecule has 17 heavy (non-hydrogen) atoms. The fourth-order valence-corrected chi connectivity index (χ4v) is 4.63. The molecule has 4 fully saturated rings. The second-order valence-corrected chi connectivity index (χ2v) is 6.04. The molecule has 7 atom stereocenters. The quantitative estimate of drug-likeness (QED) is 0.694.